The molecular formula is C13H22N2O5. The second-order valence-corrected chi connectivity index (χ2v) is 3.87. The van der Waals surface area contributed by atoms with Crippen LogP contribution in [-0.2, 0) is 23.9 Å². The average molecular weight is 286 g/mol. The number of hydrogen-bond donors (Lipinski definition) is 1. The van der Waals surface area contributed by atoms with Crippen molar-refractivity contribution in [1.82, 2.24) is 10.2 Å². The highest BCUT2D eigenvalue weighted by Crippen LogP contribution is 2.03. The molecule has 1 aliphatic heterocycles. The summed E-state index contributed by atoms with van der Waals surface area (Å²) in [4.78, 5) is 34.9. The second kappa shape index (κ2) is 10.1. The SMILES string of the molecule is C.COCCOCCNC(=O)CCN1C(=O)C=CC1=O. The van der Waals surface area contributed by atoms with E-state index >= 15 is 0 Å². The Bertz CT molecular complexity index is 350. The quantitative estimate of drug-likeness (QED) is 0.465. The third-order valence-corrected chi connectivity index (χ3v) is 2.46. The molecule has 7 heteroatoms. The maximum absolute atomic E-state index is 11.4. The highest BCUT2D eigenvalue weighted by Gasteiger charge is 2.23. The van der Waals surface area contributed by atoms with E-state index in [1.807, 2.05) is 0 Å². The van der Waals surface area contributed by atoms with E-state index in [9.17, 15) is 14.4 Å². The van der Waals surface area contributed by atoms with Crippen LogP contribution in [0.1, 0.15) is 13.8 Å². The zero-order valence-corrected chi connectivity index (χ0v) is 10.9. The second-order valence-electron chi connectivity index (χ2n) is 3.87. The summed E-state index contributed by atoms with van der Waals surface area (Å²) in [6, 6.07) is 0. The van der Waals surface area contributed by atoms with Gasteiger partial charge in [0.25, 0.3) is 11.8 Å². The van der Waals surface area contributed by atoms with E-state index in [4.69, 9.17) is 9.47 Å². The fraction of sp³-hybridized carbons (Fsp3) is 0.615. The van der Waals surface area contributed by atoms with Crippen molar-refractivity contribution in [2.24, 2.45) is 0 Å². The number of hydrogen-bond acceptors (Lipinski definition) is 5. The molecule has 7 nitrogen and oxygen atoms in total. The van der Waals surface area contributed by atoms with E-state index in [-0.39, 0.29) is 38.1 Å². The number of nitrogens with one attached hydrogen (secondary N) is 1. The lowest BCUT2D eigenvalue weighted by Gasteiger charge is -2.13. The molecule has 0 aliphatic carbocycles. The average Bonchev–Trinajstić information content (AvgIpc) is 2.71. The molecule has 1 aliphatic rings. The predicted molar refractivity (Wildman–Crippen MR) is 72.9 cm³/mol. The van der Waals surface area contributed by atoms with Gasteiger partial charge in [0, 0.05) is 38.8 Å². The van der Waals surface area contributed by atoms with E-state index in [0.717, 1.165) is 4.90 Å². The van der Waals surface area contributed by atoms with Gasteiger partial charge in [-0.05, 0) is 0 Å². The summed E-state index contributed by atoms with van der Waals surface area (Å²) in [6.45, 7) is 1.89. The van der Waals surface area contributed by atoms with Gasteiger partial charge in [0.05, 0.1) is 19.8 Å². The summed E-state index contributed by atoms with van der Waals surface area (Å²) in [5.41, 5.74) is 0. The molecule has 114 valence electrons. The van der Waals surface area contributed by atoms with Gasteiger partial charge in [-0.1, -0.05) is 7.43 Å². The topological polar surface area (TPSA) is 84.9 Å². The first-order valence-corrected chi connectivity index (χ1v) is 6.02. The maximum Gasteiger partial charge on any atom is 0.253 e. The number of rotatable bonds is 9. The molecule has 0 saturated carbocycles. The van der Waals surface area contributed by atoms with Crippen molar-refractivity contribution in [3.05, 3.63) is 12.2 Å². The van der Waals surface area contributed by atoms with Crippen molar-refractivity contribution in [3.63, 3.8) is 0 Å². The molecule has 3 amide bonds. The normalized spacial score (nSPS) is 13.6. The van der Waals surface area contributed by atoms with Gasteiger partial charge in [-0.2, -0.15) is 0 Å². The minimum Gasteiger partial charge on any atom is -0.382 e. The van der Waals surface area contributed by atoms with E-state index in [1.165, 1.54) is 12.2 Å². The van der Waals surface area contributed by atoms with Crippen LogP contribution in [0.3, 0.4) is 0 Å². The Morgan fingerprint density at radius 2 is 1.85 bits per heavy atom. The Balaban J connectivity index is 0.00000361. The number of carbonyl (C=O) groups is 3. The first-order valence-electron chi connectivity index (χ1n) is 6.02. The van der Waals surface area contributed by atoms with Gasteiger partial charge in [0.15, 0.2) is 0 Å². The Morgan fingerprint density at radius 3 is 2.45 bits per heavy atom. The van der Waals surface area contributed by atoms with Crippen molar-refractivity contribution in [1.29, 1.82) is 0 Å². The summed E-state index contributed by atoms with van der Waals surface area (Å²) in [6.07, 6.45) is 2.49. The standard InChI is InChI=1S/C12H18N2O5.CH4/c1-18-8-9-19-7-5-13-10(15)4-6-14-11(16)2-3-12(14)17;/h2-3H,4-9H2,1H3,(H,13,15);1H4. The first-order chi connectivity index (χ1) is 9.15. The van der Waals surface area contributed by atoms with Gasteiger partial charge in [-0.25, -0.2) is 0 Å². The molecule has 0 unspecified atom stereocenters. The van der Waals surface area contributed by atoms with Crippen LogP contribution in [0.2, 0.25) is 0 Å². The molecule has 0 bridgehead atoms. The van der Waals surface area contributed by atoms with E-state index in [0.29, 0.717) is 26.4 Å². The summed E-state index contributed by atoms with van der Waals surface area (Å²) >= 11 is 0. The van der Waals surface area contributed by atoms with Crippen LogP contribution in [0, 0.1) is 0 Å². The van der Waals surface area contributed by atoms with E-state index in [2.05, 4.69) is 5.32 Å². The van der Waals surface area contributed by atoms with Crippen LogP contribution in [-0.4, -0.2) is 62.6 Å². The largest absolute Gasteiger partial charge is 0.382 e. The number of ether oxygens (including phenoxy) is 2. The lowest BCUT2D eigenvalue weighted by molar-refractivity contribution is -0.137. The molecule has 1 heterocycles. The smallest absolute Gasteiger partial charge is 0.253 e. The number of imide groups is 1. The third kappa shape index (κ3) is 6.44. The Labute approximate surface area is 118 Å². The molecule has 1 N–H and O–H groups in total. The van der Waals surface area contributed by atoms with Crippen molar-refractivity contribution in [3.8, 4) is 0 Å². The van der Waals surface area contributed by atoms with Crippen molar-refractivity contribution >= 4 is 17.7 Å². The zero-order valence-electron chi connectivity index (χ0n) is 10.9. The molecule has 0 spiro atoms. The Kier molecular flexibility index (Phi) is 9.23. The Hall–Kier alpha value is -1.73. The summed E-state index contributed by atoms with van der Waals surface area (Å²) in [7, 11) is 1.58. The van der Waals surface area contributed by atoms with Crippen LogP contribution >= 0.6 is 0 Å². The van der Waals surface area contributed by atoms with Crippen LogP contribution in [0.15, 0.2) is 12.2 Å². The van der Waals surface area contributed by atoms with E-state index < -0.39 is 0 Å². The van der Waals surface area contributed by atoms with Gasteiger partial charge < -0.3 is 14.8 Å². The minimum absolute atomic E-state index is 0. The van der Waals surface area contributed by atoms with Gasteiger partial charge in [-0.15, -0.1) is 0 Å². The highest BCUT2D eigenvalue weighted by molar-refractivity contribution is 6.13. The van der Waals surface area contributed by atoms with Crippen molar-refractivity contribution in [2.45, 2.75) is 13.8 Å². The molecule has 20 heavy (non-hydrogen) atoms. The highest BCUT2D eigenvalue weighted by atomic mass is 16.5. The number of carbonyl (C=O) groups excluding carboxylic acids is 3. The molecule has 0 aromatic rings. The van der Waals surface area contributed by atoms with Crippen LogP contribution < -0.4 is 5.32 Å². The lowest BCUT2D eigenvalue weighted by Crippen LogP contribution is -2.35. The van der Waals surface area contributed by atoms with Crippen LogP contribution in [0.5, 0.6) is 0 Å². The molecule has 0 aromatic heterocycles. The van der Waals surface area contributed by atoms with Crippen molar-refractivity contribution < 1.29 is 23.9 Å². The molecular weight excluding hydrogens is 264 g/mol. The molecule has 0 radical (unpaired) electrons. The zero-order chi connectivity index (χ0) is 14.1. The molecule has 0 aromatic carbocycles. The lowest BCUT2D eigenvalue weighted by atomic mass is 10.3. The molecule has 0 fully saturated rings. The third-order valence-electron chi connectivity index (χ3n) is 2.46. The van der Waals surface area contributed by atoms with Gasteiger partial charge in [0.2, 0.25) is 5.91 Å². The predicted octanol–water partition coefficient (Wildman–Crippen LogP) is -0.283. The van der Waals surface area contributed by atoms with Crippen LogP contribution in [0.25, 0.3) is 0 Å². The summed E-state index contributed by atoms with van der Waals surface area (Å²) < 4.78 is 9.97. The summed E-state index contributed by atoms with van der Waals surface area (Å²) in [5, 5.41) is 2.64. The molecule has 1 rings (SSSR count). The van der Waals surface area contributed by atoms with E-state index in [1.54, 1.807) is 7.11 Å². The number of nitrogens with zero attached hydrogens (tertiary/aromatic N) is 1. The van der Waals surface area contributed by atoms with Gasteiger partial charge >= 0.3 is 0 Å². The summed E-state index contributed by atoms with van der Waals surface area (Å²) in [5.74, 6) is -0.968. The van der Waals surface area contributed by atoms with Crippen molar-refractivity contribution in [2.75, 3.05) is 40.0 Å². The molecule has 0 atom stereocenters. The maximum atomic E-state index is 11.4. The molecule has 0 saturated heterocycles. The number of methoxy groups -OCH3 is 1. The minimum atomic E-state index is -0.374. The monoisotopic (exact) mass is 286 g/mol. The fourth-order valence-corrected chi connectivity index (χ4v) is 1.46. The fourth-order valence-electron chi connectivity index (χ4n) is 1.46. The first kappa shape index (κ1) is 18.3. The van der Waals surface area contributed by atoms with Gasteiger partial charge in [-0.3, -0.25) is 19.3 Å². The van der Waals surface area contributed by atoms with Gasteiger partial charge in [0.1, 0.15) is 0 Å². The Morgan fingerprint density at radius 1 is 1.20 bits per heavy atom. The number of amides is 3. The van der Waals surface area contributed by atoms with Crippen LogP contribution in [0.4, 0.5) is 0 Å².